The Hall–Kier alpha value is -1.24. The Bertz CT molecular complexity index is 263. The van der Waals surface area contributed by atoms with Gasteiger partial charge in [0.1, 0.15) is 6.61 Å². The van der Waals surface area contributed by atoms with E-state index in [2.05, 4.69) is 12.1 Å². The van der Waals surface area contributed by atoms with Crippen LogP contribution >= 0.6 is 0 Å². The third-order valence-electron chi connectivity index (χ3n) is 1.55. The van der Waals surface area contributed by atoms with Gasteiger partial charge in [0.2, 0.25) is 0 Å². The summed E-state index contributed by atoms with van der Waals surface area (Å²) in [5.41, 5.74) is 2.36. The van der Waals surface area contributed by atoms with Gasteiger partial charge in [-0.25, -0.2) is 0 Å². The van der Waals surface area contributed by atoms with Gasteiger partial charge in [-0.3, -0.25) is 0 Å². The van der Waals surface area contributed by atoms with Gasteiger partial charge >= 0.3 is 0 Å². The fourth-order valence-corrected chi connectivity index (χ4v) is 1.02. The topological polar surface area (TPSA) is 9.23 Å². The van der Waals surface area contributed by atoms with Crippen LogP contribution in [0.25, 0.3) is 0 Å². The van der Waals surface area contributed by atoms with Crippen LogP contribution in [0.1, 0.15) is 11.1 Å². The highest BCUT2D eigenvalue weighted by Gasteiger charge is 2.01. The summed E-state index contributed by atoms with van der Waals surface area (Å²) in [7, 11) is 0. The minimum absolute atomic E-state index is 0.684. The maximum atomic E-state index is 5.06. The molecule has 1 heteroatoms. The Morgan fingerprint density at radius 3 is 3.10 bits per heavy atom. The lowest BCUT2D eigenvalue weighted by Gasteiger charge is -2.09. The van der Waals surface area contributed by atoms with Gasteiger partial charge in [-0.05, 0) is 11.1 Å². The molecule has 1 aliphatic heterocycles. The van der Waals surface area contributed by atoms with Crippen molar-refractivity contribution >= 4 is 0 Å². The van der Waals surface area contributed by atoms with Crippen molar-refractivity contribution in [3.05, 3.63) is 47.7 Å². The number of ether oxygens (including phenoxy) is 1. The number of fused-ring (bicyclic) bond motifs is 1. The Labute approximate surface area is 59.9 Å². The second kappa shape index (κ2) is 2.18. The molecule has 1 aliphatic rings. The molecule has 1 aromatic carbocycles. The molecule has 1 radical (unpaired) electrons. The molecule has 0 saturated carbocycles. The second-order valence-corrected chi connectivity index (χ2v) is 2.23. The average molecular weight is 131 g/mol. The first-order valence-electron chi connectivity index (χ1n) is 3.24. The number of benzene rings is 1. The Kier molecular flexibility index (Phi) is 1.21. The van der Waals surface area contributed by atoms with Crippen LogP contribution in [0.2, 0.25) is 0 Å². The smallest absolute Gasteiger partial charge is 0.113 e. The molecule has 49 valence electrons. The number of rotatable bonds is 0. The van der Waals surface area contributed by atoms with Crippen LogP contribution in [0.5, 0.6) is 0 Å². The minimum Gasteiger partial charge on any atom is -0.496 e. The van der Waals surface area contributed by atoms with Crippen LogP contribution in [-0.2, 0) is 11.3 Å². The monoisotopic (exact) mass is 131 g/mol. The van der Waals surface area contributed by atoms with Gasteiger partial charge in [-0.1, -0.05) is 24.3 Å². The second-order valence-electron chi connectivity index (χ2n) is 2.23. The van der Waals surface area contributed by atoms with E-state index >= 15 is 0 Å². The summed E-state index contributed by atoms with van der Waals surface area (Å²) in [6.07, 6.45) is 4.63. The lowest BCUT2D eigenvalue weighted by atomic mass is 10.1. The summed E-state index contributed by atoms with van der Waals surface area (Å²) in [5, 5.41) is 0. The average Bonchev–Trinajstić information content (AvgIpc) is 2.05. The highest BCUT2D eigenvalue weighted by molar-refractivity contribution is 5.32. The van der Waals surface area contributed by atoms with E-state index in [4.69, 9.17) is 4.74 Å². The first kappa shape index (κ1) is 5.54. The van der Waals surface area contributed by atoms with E-state index in [0.717, 1.165) is 5.56 Å². The van der Waals surface area contributed by atoms with Crippen LogP contribution in [0.4, 0.5) is 0 Å². The molecule has 10 heavy (non-hydrogen) atoms. The lowest BCUT2D eigenvalue weighted by Crippen LogP contribution is -1.95. The van der Waals surface area contributed by atoms with Gasteiger partial charge in [-0.15, -0.1) is 0 Å². The molecule has 0 N–H and O–H groups in total. The molecule has 0 bridgehead atoms. The molecule has 0 aliphatic carbocycles. The van der Waals surface area contributed by atoms with E-state index in [1.807, 2.05) is 18.2 Å². The molecule has 1 heterocycles. The van der Waals surface area contributed by atoms with Gasteiger partial charge in [-0.2, -0.15) is 0 Å². The molecular formula is C9H7O. The molecule has 0 spiro atoms. The fraction of sp³-hybridized carbons (Fsp3) is 0.111. The zero-order valence-electron chi connectivity index (χ0n) is 5.50. The fourth-order valence-electron chi connectivity index (χ4n) is 1.02. The summed E-state index contributed by atoms with van der Waals surface area (Å²) < 4.78 is 5.06. The third-order valence-corrected chi connectivity index (χ3v) is 1.55. The van der Waals surface area contributed by atoms with Crippen LogP contribution < -0.4 is 0 Å². The number of hydrogen-bond acceptors (Lipinski definition) is 1. The van der Waals surface area contributed by atoms with Gasteiger partial charge in [0.05, 0.1) is 6.26 Å². The summed E-state index contributed by atoms with van der Waals surface area (Å²) >= 11 is 0. The van der Waals surface area contributed by atoms with Gasteiger partial charge in [0, 0.05) is 6.08 Å². The van der Waals surface area contributed by atoms with E-state index in [0.29, 0.717) is 6.61 Å². The van der Waals surface area contributed by atoms with E-state index in [9.17, 15) is 0 Å². The van der Waals surface area contributed by atoms with E-state index in [-0.39, 0.29) is 0 Å². The molecule has 1 nitrogen and oxygen atoms in total. The van der Waals surface area contributed by atoms with Crippen molar-refractivity contribution in [3.63, 3.8) is 0 Å². The molecule has 2 rings (SSSR count). The van der Waals surface area contributed by atoms with Crippen molar-refractivity contribution in [1.82, 2.24) is 0 Å². The van der Waals surface area contributed by atoms with Crippen molar-refractivity contribution in [1.29, 1.82) is 0 Å². The van der Waals surface area contributed by atoms with Crippen LogP contribution in [0.3, 0.4) is 0 Å². The van der Waals surface area contributed by atoms with Crippen LogP contribution in [0, 0.1) is 6.08 Å². The Balaban J connectivity index is 2.54. The van der Waals surface area contributed by atoms with Crippen molar-refractivity contribution in [2.24, 2.45) is 0 Å². The van der Waals surface area contributed by atoms with Gasteiger partial charge in [0.25, 0.3) is 0 Å². The predicted octanol–water partition coefficient (Wildman–Crippen LogP) is 1.88. The predicted molar refractivity (Wildman–Crippen MR) is 38.1 cm³/mol. The highest BCUT2D eigenvalue weighted by Crippen LogP contribution is 2.13. The van der Waals surface area contributed by atoms with Crippen molar-refractivity contribution < 1.29 is 4.74 Å². The maximum absolute atomic E-state index is 5.06. The van der Waals surface area contributed by atoms with Crippen LogP contribution in [0.15, 0.2) is 30.5 Å². The van der Waals surface area contributed by atoms with Crippen molar-refractivity contribution in [3.8, 4) is 0 Å². The van der Waals surface area contributed by atoms with E-state index < -0.39 is 0 Å². The van der Waals surface area contributed by atoms with E-state index in [1.165, 1.54) is 5.56 Å². The molecule has 0 aromatic heterocycles. The largest absolute Gasteiger partial charge is 0.496 e. The standard InChI is InChI=1S/C9H7O/c1-2-4-9-7-10-6-5-8(9)3-1/h1-4,6H,7H2. The quantitative estimate of drug-likeness (QED) is 0.522. The van der Waals surface area contributed by atoms with Crippen LogP contribution in [-0.4, -0.2) is 0 Å². The first-order chi connectivity index (χ1) is 4.97. The molecular weight excluding hydrogens is 124 g/mol. The molecule has 0 amide bonds. The van der Waals surface area contributed by atoms with Crippen molar-refractivity contribution in [2.45, 2.75) is 6.61 Å². The van der Waals surface area contributed by atoms with Gasteiger partial charge < -0.3 is 4.74 Å². The maximum Gasteiger partial charge on any atom is 0.113 e. The summed E-state index contributed by atoms with van der Waals surface area (Å²) in [6, 6.07) is 8.10. The normalized spacial score (nSPS) is 14.0. The Morgan fingerprint density at radius 1 is 1.30 bits per heavy atom. The summed E-state index contributed by atoms with van der Waals surface area (Å²) in [6.45, 7) is 0.684. The molecule has 0 unspecified atom stereocenters. The highest BCUT2D eigenvalue weighted by atomic mass is 16.5. The first-order valence-corrected chi connectivity index (χ1v) is 3.24. The zero-order chi connectivity index (χ0) is 6.81. The molecule has 1 aromatic rings. The zero-order valence-corrected chi connectivity index (χ0v) is 5.50. The summed E-state index contributed by atoms with van der Waals surface area (Å²) in [4.78, 5) is 0. The minimum atomic E-state index is 0.684. The molecule has 0 saturated heterocycles. The molecule has 0 atom stereocenters. The van der Waals surface area contributed by atoms with Gasteiger partial charge in [0.15, 0.2) is 0 Å². The molecule has 0 fully saturated rings. The lowest BCUT2D eigenvalue weighted by molar-refractivity contribution is 0.229. The SMILES string of the molecule is [C]1=COCc2ccccc21. The van der Waals surface area contributed by atoms with Crippen molar-refractivity contribution in [2.75, 3.05) is 0 Å². The van der Waals surface area contributed by atoms with E-state index in [1.54, 1.807) is 6.26 Å². The Morgan fingerprint density at radius 2 is 2.20 bits per heavy atom. The number of hydrogen-bond donors (Lipinski definition) is 0. The third kappa shape index (κ3) is 0.798. The summed E-state index contributed by atoms with van der Waals surface area (Å²) in [5.74, 6) is 0.